The highest BCUT2D eigenvalue weighted by Gasteiger charge is 2.28. The highest BCUT2D eigenvalue weighted by Crippen LogP contribution is 2.35. The summed E-state index contributed by atoms with van der Waals surface area (Å²) in [5.74, 6) is 0.948. The highest BCUT2D eigenvalue weighted by molar-refractivity contribution is 9.10. The molecule has 0 unspecified atom stereocenters. The summed E-state index contributed by atoms with van der Waals surface area (Å²) < 4.78 is 28.7. The standard InChI is InChI=1S/C35H35BrFN5O3/c1-21-16-24(10-11-31(21)45-32-9-5-4-8-28(32)37)42-35(38)26(20-39-42)34(43)30-17-22-18-33(27(36)19-29(22)40-30)44-25-12-14-41(15-13-25)23-6-2-3-7-23/h4-5,8-11,16-20,23,25,40H,2-3,6-7,12-15,38H2,1H3. The second kappa shape index (κ2) is 12.3. The van der Waals surface area contributed by atoms with E-state index in [0.29, 0.717) is 17.1 Å². The van der Waals surface area contributed by atoms with Gasteiger partial charge in [0, 0.05) is 30.0 Å². The zero-order valence-electron chi connectivity index (χ0n) is 25.1. The summed E-state index contributed by atoms with van der Waals surface area (Å²) in [5.41, 5.74) is 9.39. The van der Waals surface area contributed by atoms with Crippen LogP contribution in [0.3, 0.4) is 0 Å². The maximum Gasteiger partial charge on any atom is 0.214 e. The van der Waals surface area contributed by atoms with Crippen LogP contribution < -0.4 is 15.2 Å². The first-order valence-electron chi connectivity index (χ1n) is 15.5. The van der Waals surface area contributed by atoms with Gasteiger partial charge in [0.25, 0.3) is 0 Å². The molecule has 0 amide bonds. The van der Waals surface area contributed by atoms with E-state index in [4.69, 9.17) is 15.2 Å². The Morgan fingerprint density at radius 1 is 1.00 bits per heavy atom. The Labute approximate surface area is 269 Å². The molecule has 2 aliphatic rings. The van der Waals surface area contributed by atoms with Crippen LogP contribution in [-0.4, -0.2) is 50.7 Å². The van der Waals surface area contributed by atoms with Gasteiger partial charge in [-0.25, -0.2) is 9.07 Å². The SMILES string of the molecule is Cc1cc(-n2ncc(C(=O)c3cc4cc(OC5CCN(C6CCCC6)CC5)c(Br)cc4[nH]3)c2N)ccc1Oc1ccccc1F. The Kier molecular flexibility index (Phi) is 8.10. The number of halogens is 2. The third kappa shape index (κ3) is 5.96. The Balaban J connectivity index is 1.06. The van der Waals surface area contributed by atoms with Gasteiger partial charge in [0.2, 0.25) is 5.78 Å². The molecule has 1 saturated carbocycles. The van der Waals surface area contributed by atoms with E-state index in [1.165, 1.54) is 42.6 Å². The van der Waals surface area contributed by atoms with Gasteiger partial charge >= 0.3 is 0 Å². The number of benzene rings is 3. The summed E-state index contributed by atoms with van der Waals surface area (Å²) in [4.78, 5) is 19.5. The van der Waals surface area contributed by atoms with Crippen LogP contribution in [0.4, 0.5) is 10.2 Å². The predicted molar refractivity (Wildman–Crippen MR) is 176 cm³/mol. The van der Waals surface area contributed by atoms with Gasteiger partial charge in [0.1, 0.15) is 23.4 Å². The van der Waals surface area contributed by atoms with Crippen molar-refractivity contribution in [2.45, 2.75) is 57.6 Å². The number of aryl methyl sites for hydroxylation is 1. The van der Waals surface area contributed by atoms with Gasteiger partial charge in [0.05, 0.1) is 27.6 Å². The molecule has 0 bridgehead atoms. The molecule has 1 saturated heterocycles. The first kappa shape index (κ1) is 29.6. The number of aromatic amines is 1. The van der Waals surface area contributed by atoms with Crippen molar-refractivity contribution in [1.29, 1.82) is 0 Å². The summed E-state index contributed by atoms with van der Waals surface area (Å²) >= 11 is 3.67. The number of H-pyrrole nitrogens is 1. The van der Waals surface area contributed by atoms with E-state index in [1.807, 2.05) is 31.2 Å². The Morgan fingerprint density at radius 2 is 1.78 bits per heavy atom. The second-order valence-corrected chi connectivity index (χ2v) is 12.9. The zero-order chi connectivity index (χ0) is 31.1. The monoisotopic (exact) mass is 671 g/mol. The maximum atomic E-state index is 14.1. The van der Waals surface area contributed by atoms with Crippen LogP contribution in [0.1, 0.15) is 60.1 Å². The van der Waals surface area contributed by atoms with E-state index >= 15 is 0 Å². The number of nitrogens with zero attached hydrogens (tertiary/aromatic N) is 3. The van der Waals surface area contributed by atoms with E-state index in [-0.39, 0.29) is 29.0 Å². The van der Waals surface area contributed by atoms with E-state index < -0.39 is 5.82 Å². The third-order valence-electron chi connectivity index (χ3n) is 9.04. The lowest BCUT2D eigenvalue weighted by atomic mass is 10.0. The molecule has 3 N–H and O–H groups in total. The highest BCUT2D eigenvalue weighted by atomic mass is 79.9. The molecule has 10 heteroatoms. The van der Waals surface area contributed by atoms with Crippen molar-refractivity contribution in [3.05, 3.63) is 94.0 Å². The van der Waals surface area contributed by atoms with E-state index in [9.17, 15) is 9.18 Å². The van der Waals surface area contributed by atoms with Crippen molar-refractivity contribution in [2.24, 2.45) is 0 Å². The topological polar surface area (TPSA) is 98.4 Å². The van der Waals surface area contributed by atoms with Gasteiger partial charge in [0.15, 0.2) is 11.6 Å². The molecule has 8 nitrogen and oxygen atoms in total. The number of rotatable bonds is 8. The fourth-order valence-electron chi connectivity index (χ4n) is 6.56. The number of nitrogen functional groups attached to an aromatic ring is 1. The normalized spacial score (nSPS) is 16.4. The smallest absolute Gasteiger partial charge is 0.214 e. The molecule has 0 radical (unpaired) electrons. The minimum absolute atomic E-state index is 0.142. The molecular formula is C35H35BrFN5O3. The van der Waals surface area contributed by atoms with Gasteiger partial charge in [-0.2, -0.15) is 5.10 Å². The lowest BCUT2D eigenvalue weighted by molar-refractivity contribution is 0.0764. The molecule has 1 aliphatic carbocycles. The zero-order valence-corrected chi connectivity index (χ0v) is 26.6. The van der Waals surface area contributed by atoms with Gasteiger partial charge in [-0.3, -0.25) is 4.79 Å². The molecule has 2 aromatic heterocycles. The molecule has 0 atom stereocenters. The largest absolute Gasteiger partial charge is 0.489 e. The number of carbonyl (C=O) groups is 1. The van der Waals surface area contributed by atoms with E-state index in [1.54, 1.807) is 30.3 Å². The Morgan fingerprint density at radius 3 is 2.53 bits per heavy atom. The second-order valence-electron chi connectivity index (χ2n) is 12.0. The average Bonchev–Trinajstić information content (AvgIpc) is 3.80. The first-order valence-corrected chi connectivity index (χ1v) is 16.3. The molecule has 2 fully saturated rings. The Bertz CT molecular complexity index is 1870. The molecule has 3 aromatic carbocycles. The number of piperidine rings is 1. The number of likely N-dealkylation sites (tertiary alicyclic amines) is 1. The lowest BCUT2D eigenvalue weighted by Crippen LogP contribution is -2.43. The summed E-state index contributed by atoms with van der Waals surface area (Å²) in [7, 11) is 0. The Hall–Kier alpha value is -4.15. The predicted octanol–water partition coefficient (Wildman–Crippen LogP) is 7.95. The van der Waals surface area contributed by atoms with Crippen molar-refractivity contribution in [3.8, 4) is 22.9 Å². The summed E-state index contributed by atoms with van der Waals surface area (Å²) in [5, 5.41) is 5.29. The number of para-hydroxylation sites is 1. The lowest BCUT2D eigenvalue weighted by Gasteiger charge is -2.36. The summed E-state index contributed by atoms with van der Waals surface area (Å²) in [6.45, 7) is 4.02. The number of aromatic nitrogens is 3. The van der Waals surface area contributed by atoms with Crippen molar-refractivity contribution in [1.82, 2.24) is 19.7 Å². The van der Waals surface area contributed by atoms with E-state index in [0.717, 1.165) is 58.7 Å². The van der Waals surface area contributed by atoms with Crippen molar-refractivity contribution in [3.63, 3.8) is 0 Å². The fourth-order valence-corrected chi connectivity index (χ4v) is 7.00. The number of nitrogens with one attached hydrogen (secondary N) is 1. The van der Waals surface area contributed by atoms with Crippen molar-refractivity contribution in [2.75, 3.05) is 18.8 Å². The number of anilines is 1. The van der Waals surface area contributed by atoms with Crippen LogP contribution in [-0.2, 0) is 0 Å². The molecule has 232 valence electrons. The number of nitrogens with two attached hydrogens (primary N) is 1. The number of hydrogen-bond donors (Lipinski definition) is 2. The fraction of sp³-hybridized carbons (Fsp3) is 0.314. The van der Waals surface area contributed by atoms with Gasteiger partial charge in [-0.05, 0) is 103 Å². The van der Waals surface area contributed by atoms with Crippen LogP contribution >= 0.6 is 15.9 Å². The molecule has 5 aromatic rings. The molecular weight excluding hydrogens is 637 g/mol. The molecule has 3 heterocycles. The number of fused-ring (bicyclic) bond motifs is 1. The number of ether oxygens (including phenoxy) is 2. The van der Waals surface area contributed by atoms with E-state index in [2.05, 4.69) is 30.9 Å². The number of hydrogen-bond acceptors (Lipinski definition) is 6. The van der Waals surface area contributed by atoms with Crippen LogP contribution in [0.2, 0.25) is 0 Å². The average molecular weight is 673 g/mol. The van der Waals surface area contributed by atoms with Crippen LogP contribution in [0, 0.1) is 12.7 Å². The first-order chi connectivity index (χ1) is 21.8. The molecule has 7 rings (SSSR count). The minimum atomic E-state index is -0.441. The van der Waals surface area contributed by atoms with Crippen molar-refractivity contribution < 1.29 is 18.7 Å². The molecule has 1 aliphatic heterocycles. The number of carbonyl (C=O) groups excluding carboxylic acids is 1. The van der Waals surface area contributed by atoms with Gasteiger partial charge in [-0.1, -0.05) is 25.0 Å². The quantitative estimate of drug-likeness (QED) is 0.162. The van der Waals surface area contributed by atoms with Gasteiger partial charge < -0.3 is 25.1 Å². The van der Waals surface area contributed by atoms with Crippen LogP contribution in [0.25, 0.3) is 16.6 Å². The minimum Gasteiger partial charge on any atom is -0.489 e. The van der Waals surface area contributed by atoms with Gasteiger partial charge in [-0.15, -0.1) is 0 Å². The number of ketones is 1. The van der Waals surface area contributed by atoms with Crippen LogP contribution in [0.15, 0.2) is 71.3 Å². The molecule has 45 heavy (non-hydrogen) atoms. The summed E-state index contributed by atoms with van der Waals surface area (Å²) in [6.07, 6.45) is 9.05. The summed E-state index contributed by atoms with van der Waals surface area (Å²) in [6, 6.07) is 18.1. The molecule has 0 spiro atoms. The van der Waals surface area contributed by atoms with Crippen molar-refractivity contribution >= 4 is 38.4 Å². The maximum absolute atomic E-state index is 14.1. The van der Waals surface area contributed by atoms with Crippen LogP contribution in [0.5, 0.6) is 17.2 Å². The third-order valence-corrected chi connectivity index (χ3v) is 9.66.